The number of amides is 2. The largest absolute Gasteiger partial charge is 0.497 e. The molecule has 9 heteroatoms. The predicted octanol–water partition coefficient (Wildman–Crippen LogP) is 4.17. The number of carbonyl (C=O) groups is 1. The number of methoxy groups -OCH3 is 2. The molecule has 4 rings (SSSR count). The van der Waals surface area contributed by atoms with Crippen LogP contribution in [0.15, 0.2) is 54.6 Å². The van der Waals surface area contributed by atoms with Gasteiger partial charge in [0.1, 0.15) is 11.5 Å². The third kappa shape index (κ3) is 4.70. The third-order valence-corrected chi connectivity index (χ3v) is 5.67. The highest BCUT2D eigenvalue weighted by Gasteiger charge is 2.23. The van der Waals surface area contributed by atoms with Crippen LogP contribution < -0.4 is 19.7 Å². The van der Waals surface area contributed by atoms with Gasteiger partial charge in [-0.3, -0.25) is 0 Å². The van der Waals surface area contributed by atoms with Gasteiger partial charge in [0.2, 0.25) is 0 Å². The molecule has 2 heterocycles. The van der Waals surface area contributed by atoms with Gasteiger partial charge in [0, 0.05) is 37.8 Å². The van der Waals surface area contributed by atoms with Gasteiger partial charge in [-0.1, -0.05) is 29.8 Å². The van der Waals surface area contributed by atoms with Crippen molar-refractivity contribution in [2.75, 3.05) is 50.6 Å². The minimum atomic E-state index is -0.173. The van der Waals surface area contributed by atoms with Crippen molar-refractivity contribution >= 4 is 29.1 Å². The van der Waals surface area contributed by atoms with Crippen molar-refractivity contribution in [1.82, 2.24) is 15.1 Å². The smallest absolute Gasteiger partial charge is 0.322 e. The quantitative estimate of drug-likeness (QED) is 0.624. The Morgan fingerprint density at radius 1 is 0.969 bits per heavy atom. The maximum atomic E-state index is 12.7. The summed E-state index contributed by atoms with van der Waals surface area (Å²) in [4.78, 5) is 16.6. The summed E-state index contributed by atoms with van der Waals surface area (Å²) >= 11 is 6.25. The summed E-state index contributed by atoms with van der Waals surface area (Å²) < 4.78 is 10.6. The number of anilines is 2. The molecule has 0 radical (unpaired) electrons. The van der Waals surface area contributed by atoms with E-state index in [0.29, 0.717) is 48.4 Å². The van der Waals surface area contributed by atoms with Crippen LogP contribution in [-0.2, 0) is 0 Å². The molecule has 2 amide bonds. The molecule has 8 nitrogen and oxygen atoms in total. The van der Waals surface area contributed by atoms with E-state index in [1.165, 1.54) is 0 Å². The molecule has 0 unspecified atom stereocenters. The number of benzene rings is 2. The number of carbonyl (C=O) groups excluding carboxylic acids is 1. The first-order valence-electron chi connectivity index (χ1n) is 10.2. The van der Waals surface area contributed by atoms with E-state index >= 15 is 0 Å². The van der Waals surface area contributed by atoms with Gasteiger partial charge < -0.3 is 24.6 Å². The van der Waals surface area contributed by atoms with Crippen molar-refractivity contribution in [3.8, 4) is 22.8 Å². The minimum absolute atomic E-state index is 0.173. The van der Waals surface area contributed by atoms with E-state index in [1.54, 1.807) is 37.3 Å². The second kappa shape index (κ2) is 9.74. The average Bonchev–Trinajstić information content (AvgIpc) is 2.85. The Balaban J connectivity index is 1.36. The fourth-order valence-corrected chi connectivity index (χ4v) is 3.77. The topological polar surface area (TPSA) is 79.8 Å². The number of piperazine rings is 1. The molecule has 0 saturated carbocycles. The summed E-state index contributed by atoms with van der Waals surface area (Å²) in [5, 5.41) is 12.3. The molecular formula is C23H24ClN5O3. The number of hydrogen-bond acceptors (Lipinski definition) is 6. The number of nitrogens with zero attached hydrogens (tertiary/aromatic N) is 4. The van der Waals surface area contributed by atoms with Gasteiger partial charge >= 0.3 is 6.03 Å². The lowest BCUT2D eigenvalue weighted by Crippen LogP contribution is -2.50. The van der Waals surface area contributed by atoms with Crippen molar-refractivity contribution < 1.29 is 14.3 Å². The van der Waals surface area contributed by atoms with Gasteiger partial charge in [-0.15, -0.1) is 10.2 Å². The summed E-state index contributed by atoms with van der Waals surface area (Å²) in [6, 6.07) is 16.5. The normalized spacial score (nSPS) is 13.6. The van der Waals surface area contributed by atoms with Crippen LogP contribution >= 0.6 is 11.6 Å². The summed E-state index contributed by atoms with van der Waals surface area (Å²) in [6.07, 6.45) is 0. The van der Waals surface area contributed by atoms with Gasteiger partial charge in [0.15, 0.2) is 5.82 Å². The number of nitrogens with one attached hydrogen (secondary N) is 1. The molecule has 0 bridgehead atoms. The standard InChI is InChI=1S/C23H24ClN5O3/c1-31-16-7-8-20(21(15-16)32-2)25-23(30)29-13-11-28(12-14-29)22-10-9-19(26-27-22)17-5-3-4-6-18(17)24/h3-10,15H,11-14H2,1-2H3,(H,25,30). The maximum absolute atomic E-state index is 12.7. The van der Waals surface area contributed by atoms with Crippen molar-refractivity contribution in [2.45, 2.75) is 0 Å². The van der Waals surface area contributed by atoms with E-state index in [-0.39, 0.29) is 6.03 Å². The van der Waals surface area contributed by atoms with Crippen LogP contribution in [0.2, 0.25) is 5.02 Å². The van der Waals surface area contributed by atoms with E-state index in [1.807, 2.05) is 36.4 Å². The molecule has 166 valence electrons. The molecule has 1 saturated heterocycles. The lowest BCUT2D eigenvalue weighted by molar-refractivity contribution is 0.208. The molecule has 0 spiro atoms. The van der Waals surface area contributed by atoms with Crippen LogP contribution in [0.1, 0.15) is 0 Å². The molecule has 3 aromatic rings. The van der Waals surface area contributed by atoms with Crippen LogP contribution in [0.5, 0.6) is 11.5 Å². The second-order valence-electron chi connectivity index (χ2n) is 7.23. The predicted molar refractivity (Wildman–Crippen MR) is 125 cm³/mol. The summed E-state index contributed by atoms with van der Waals surface area (Å²) in [7, 11) is 3.14. The number of halogens is 1. The van der Waals surface area contributed by atoms with Gasteiger partial charge in [0.05, 0.1) is 30.6 Å². The zero-order valence-corrected chi connectivity index (χ0v) is 18.7. The number of urea groups is 1. The summed E-state index contributed by atoms with van der Waals surface area (Å²) in [5.41, 5.74) is 2.18. The monoisotopic (exact) mass is 453 g/mol. The van der Waals surface area contributed by atoms with Gasteiger partial charge in [0.25, 0.3) is 0 Å². The summed E-state index contributed by atoms with van der Waals surface area (Å²) in [5.74, 6) is 1.98. The fraction of sp³-hybridized carbons (Fsp3) is 0.261. The molecule has 32 heavy (non-hydrogen) atoms. The Kier molecular flexibility index (Phi) is 6.61. The van der Waals surface area contributed by atoms with E-state index < -0.39 is 0 Å². The highest BCUT2D eigenvalue weighted by Crippen LogP contribution is 2.29. The van der Waals surface area contributed by atoms with Gasteiger partial charge in [-0.05, 0) is 30.3 Å². The molecule has 0 atom stereocenters. The maximum Gasteiger partial charge on any atom is 0.322 e. The molecule has 1 N–H and O–H groups in total. The number of aromatic nitrogens is 2. The van der Waals surface area contributed by atoms with Crippen molar-refractivity contribution in [1.29, 1.82) is 0 Å². The Morgan fingerprint density at radius 2 is 1.75 bits per heavy atom. The lowest BCUT2D eigenvalue weighted by Gasteiger charge is -2.35. The first kappa shape index (κ1) is 21.7. The molecule has 1 aromatic heterocycles. The second-order valence-corrected chi connectivity index (χ2v) is 7.63. The minimum Gasteiger partial charge on any atom is -0.497 e. The van der Waals surface area contributed by atoms with E-state index in [0.717, 1.165) is 17.1 Å². The first-order valence-corrected chi connectivity index (χ1v) is 10.6. The Labute approximate surface area is 191 Å². The molecule has 1 fully saturated rings. The zero-order chi connectivity index (χ0) is 22.5. The third-order valence-electron chi connectivity index (χ3n) is 5.34. The average molecular weight is 454 g/mol. The number of ether oxygens (including phenoxy) is 2. The SMILES string of the molecule is COc1ccc(NC(=O)N2CCN(c3ccc(-c4ccccc4Cl)nn3)CC2)c(OC)c1. The van der Waals surface area contributed by atoms with E-state index in [4.69, 9.17) is 21.1 Å². The molecule has 0 aliphatic carbocycles. The highest BCUT2D eigenvalue weighted by molar-refractivity contribution is 6.33. The van der Waals surface area contributed by atoms with Crippen molar-refractivity contribution in [3.63, 3.8) is 0 Å². The Bertz CT molecular complexity index is 1090. The van der Waals surface area contributed by atoms with E-state index in [2.05, 4.69) is 20.4 Å². The van der Waals surface area contributed by atoms with Crippen LogP contribution in [-0.4, -0.2) is 61.5 Å². The van der Waals surface area contributed by atoms with Crippen LogP contribution in [0.4, 0.5) is 16.3 Å². The zero-order valence-electron chi connectivity index (χ0n) is 17.9. The molecule has 2 aromatic carbocycles. The van der Waals surface area contributed by atoms with Gasteiger partial charge in [-0.25, -0.2) is 4.79 Å². The Morgan fingerprint density at radius 3 is 2.41 bits per heavy atom. The molecule has 1 aliphatic heterocycles. The van der Waals surface area contributed by atoms with Crippen molar-refractivity contribution in [2.24, 2.45) is 0 Å². The van der Waals surface area contributed by atoms with Crippen LogP contribution in [0, 0.1) is 0 Å². The number of rotatable bonds is 5. The highest BCUT2D eigenvalue weighted by atomic mass is 35.5. The Hall–Kier alpha value is -3.52. The number of hydrogen-bond donors (Lipinski definition) is 1. The molecular weight excluding hydrogens is 430 g/mol. The first-order chi connectivity index (χ1) is 15.6. The molecule has 1 aliphatic rings. The van der Waals surface area contributed by atoms with Crippen molar-refractivity contribution in [3.05, 3.63) is 59.6 Å². The fourth-order valence-electron chi connectivity index (χ4n) is 3.54. The van der Waals surface area contributed by atoms with Crippen LogP contribution in [0.3, 0.4) is 0 Å². The summed E-state index contributed by atoms with van der Waals surface area (Å²) in [6.45, 7) is 2.46. The van der Waals surface area contributed by atoms with Crippen LogP contribution in [0.25, 0.3) is 11.3 Å². The van der Waals surface area contributed by atoms with E-state index in [9.17, 15) is 4.79 Å². The lowest BCUT2D eigenvalue weighted by atomic mass is 10.1. The van der Waals surface area contributed by atoms with Gasteiger partial charge in [-0.2, -0.15) is 0 Å².